The summed E-state index contributed by atoms with van der Waals surface area (Å²) in [5.74, 6) is 0.589. The Balaban J connectivity index is 2.17. The van der Waals surface area contributed by atoms with Gasteiger partial charge in [-0.2, -0.15) is 0 Å². The normalized spacial score (nSPS) is 16.9. The van der Waals surface area contributed by atoms with Gasteiger partial charge in [-0.15, -0.1) is 0 Å². The molecule has 3 rings (SSSR count). The first kappa shape index (κ1) is 9.78. The molecule has 0 amide bonds. The van der Waals surface area contributed by atoms with E-state index >= 15 is 0 Å². The summed E-state index contributed by atoms with van der Waals surface area (Å²) in [7, 11) is 0. The smallest absolute Gasteiger partial charge is 0.133 e. The van der Waals surface area contributed by atoms with Gasteiger partial charge in [-0.3, -0.25) is 0 Å². The van der Waals surface area contributed by atoms with E-state index < -0.39 is 0 Å². The molecule has 1 aromatic carbocycles. The summed E-state index contributed by atoms with van der Waals surface area (Å²) < 4.78 is 14.0. The average molecular weight is 279 g/mol. The monoisotopic (exact) mass is 278 g/mol. The molecule has 0 saturated heterocycles. The minimum atomic E-state index is -0.265. The van der Waals surface area contributed by atoms with Gasteiger partial charge in [0.2, 0.25) is 0 Å². The lowest BCUT2D eigenvalue weighted by Gasteiger charge is -2.28. The largest absolute Gasteiger partial charge is 0.328 e. The van der Waals surface area contributed by atoms with Crippen molar-refractivity contribution in [3.63, 3.8) is 0 Å². The second-order valence-corrected chi connectivity index (χ2v) is 4.54. The fourth-order valence-corrected chi connectivity index (χ4v) is 2.39. The number of rotatable bonds is 0. The summed E-state index contributed by atoms with van der Waals surface area (Å²) in [6.45, 7) is 0.718. The van der Waals surface area contributed by atoms with E-state index in [9.17, 15) is 4.39 Å². The van der Waals surface area contributed by atoms with Crippen LogP contribution in [0.1, 0.15) is 5.56 Å². The molecule has 0 aliphatic carbocycles. The fourth-order valence-electron chi connectivity index (χ4n) is 1.84. The zero-order valence-electron chi connectivity index (χ0n) is 8.32. The lowest BCUT2D eigenvalue weighted by molar-refractivity contribution is 0.540. The van der Waals surface area contributed by atoms with Gasteiger partial charge in [-0.25, -0.2) is 9.38 Å². The van der Waals surface area contributed by atoms with Crippen molar-refractivity contribution < 1.29 is 4.39 Å². The van der Waals surface area contributed by atoms with Gasteiger partial charge < -0.3 is 4.90 Å². The van der Waals surface area contributed by atoms with Crippen molar-refractivity contribution in [2.75, 3.05) is 0 Å². The highest BCUT2D eigenvalue weighted by molar-refractivity contribution is 9.10. The van der Waals surface area contributed by atoms with Gasteiger partial charge in [0.25, 0.3) is 0 Å². The van der Waals surface area contributed by atoms with E-state index in [-0.39, 0.29) is 5.82 Å². The molecule has 2 aliphatic heterocycles. The van der Waals surface area contributed by atoms with E-state index in [0.717, 1.165) is 22.4 Å². The Morgan fingerprint density at radius 3 is 3.06 bits per heavy atom. The lowest BCUT2D eigenvalue weighted by Crippen LogP contribution is -2.27. The highest BCUT2D eigenvalue weighted by atomic mass is 79.9. The maximum Gasteiger partial charge on any atom is 0.133 e. The second kappa shape index (κ2) is 3.56. The lowest BCUT2D eigenvalue weighted by atomic mass is 10.1. The van der Waals surface area contributed by atoms with Gasteiger partial charge in [-0.05, 0) is 24.3 Å². The number of hydrogen-bond acceptors (Lipinski definition) is 2. The van der Waals surface area contributed by atoms with Gasteiger partial charge in [-0.1, -0.05) is 22.0 Å². The van der Waals surface area contributed by atoms with Gasteiger partial charge in [0.05, 0.1) is 12.2 Å². The van der Waals surface area contributed by atoms with Crippen molar-refractivity contribution >= 4 is 27.5 Å². The van der Waals surface area contributed by atoms with Crippen molar-refractivity contribution in [3.8, 4) is 0 Å². The van der Waals surface area contributed by atoms with Crippen LogP contribution in [-0.4, -0.2) is 10.7 Å². The van der Waals surface area contributed by atoms with E-state index in [1.54, 1.807) is 0 Å². The summed E-state index contributed by atoms with van der Waals surface area (Å²) in [5.41, 5.74) is 1.73. The van der Waals surface area contributed by atoms with Crippen molar-refractivity contribution in [1.29, 1.82) is 0 Å². The minimum absolute atomic E-state index is 0.265. The van der Waals surface area contributed by atoms with Crippen LogP contribution >= 0.6 is 15.9 Å². The number of allylic oxidation sites excluding steroid dienone is 2. The predicted octanol–water partition coefficient (Wildman–Crippen LogP) is 3.52. The first-order valence-corrected chi connectivity index (χ1v) is 5.71. The summed E-state index contributed by atoms with van der Waals surface area (Å²) in [4.78, 5) is 6.46. The molecule has 16 heavy (non-hydrogen) atoms. The topological polar surface area (TPSA) is 15.6 Å². The summed E-state index contributed by atoms with van der Waals surface area (Å²) in [6, 6.07) is 2.94. The Morgan fingerprint density at radius 1 is 1.31 bits per heavy atom. The second-order valence-electron chi connectivity index (χ2n) is 3.68. The zero-order valence-corrected chi connectivity index (χ0v) is 9.91. The third-order valence-electron chi connectivity index (χ3n) is 2.62. The number of hydrogen-bond donors (Lipinski definition) is 0. The molecular weight excluding hydrogens is 271 g/mol. The van der Waals surface area contributed by atoms with Crippen LogP contribution in [0.4, 0.5) is 10.1 Å². The number of aliphatic imine (C=N–C) groups is 1. The molecule has 0 bridgehead atoms. The van der Waals surface area contributed by atoms with E-state index in [0.29, 0.717) is 5.69 Å². The third kappa shape index (κ3) is 1.50. The molecule has 0 spiro atoms. The number of fused-ring (bicyclic) bond motifs is 2. The third-order valence-corrected chi connectivity index (χ3v) is 3.32. The molecule has 0 atom stereocenters. The predicted molar refractivity (Wildman–Crippen MR) is 65.0 cm³/mol. The number of nitrogens with zero attached hydrogens (tertiary/aromatic N) is 2. The van der Waals surface area contributed by atoms with Crippen molar-refractivity contribution in [1.82, 2.24) is 4.90 Å². The van der Waals surface area contributed by atoms with Crippen LogP contribution in [0.5, 0.6) is 0 Å². The van der Waals surface area contributed by atoms with Crippen molar-refractivity contribution in [2.45, 2.75) is 6.54 Å². The molecule has 0 radical (unpaired) electrons. The molecule has 0 unspecified atom stereocenters. The number of halogens is 2. The molecule has 80 valence electrons. The van der Waals surface area contributed by atoms with Gasteiger partial charge >= 0.3 is 0 Å². The SMILES string of the molecule is Fc1cc(Br)c2c(c1)N=C1C=CC=CN1C2. The Labute approximate surface area is 101 Å². The van der Waals surface area contributed by atoms with E-state index in [1.165, 1.54) is 12.1 Å². The average Bonchev–Trinajstić information content (AvgIpc) is 2.27. The summed E-state index contributed by atoms with van der Waals surface area (Å²) in [5, 5.41) is 0. The fraction of sp³-hybridized carbons (Fsp3) is 0.0833. The van der Waals surface area contributed by atoms with E-state index in [4.69, 9.17) is 0 Å². The van der Waals surface area contributed by atoms with Crippen LogP contribution in [0, 0.1) is 5.82 Å². The van der Waals surface area contributed by atoms with Gasteiger partial charge in [0.15, 0.2) is 0 Å². The van der Waals surface area contributed by atoms with E-state index in [2.05, 4.69) is 20.9 Å². The van der Waals surface area contributed by atoms with Gasteiger partial charge in [0.1, 0.15) is 11.7 Å². The van der Waals surface area contributed by atoms with E-state index in [1.807, 2.05) is 29.3 Å². The first-order valence-electron chi connectivity index (χ1n) is 4.92. The molecule has 0 saturated carbocycles. The molecule has 2 aliphatic rings. The first-order chi connectivity index (χ1) is 7.74. The van der Waals surface area contributed by atoms with Crippen LogP contribution in [0.2, 0.25) is 0 Å². The maximum absolute atomic E-state index is 13.2. The molecule has 1 aromatic rings. The van der Waals surface area contributed by atoms with Crippen molar-refractivity contribution in [2.24, 2.45) is 4.99 Å². The van der Waals surface area contributed by atoms with Gasteiger partial charge in [0, 0.05) is 16.2 Å². The quantitative estimate of drug-likeness (QED) is 0.709. The summed E-state index contributed by atoms with van der Waals surface area (Å²) >= 11 is 3.37. The Morgan fingerprint density at radius 2 is 2.19 bits per heavy atom. The van der Waals surface area contributed by atoms with Crippen LogP contribution in [0.25, 0.3) is 0 Å². The Kier molecular flexibility index (Phi) is 2.17. The minimum Gasteiger partial charge on any atom is -0.328 e. The molecule has 0 fully saturated rings. The molecule has 2 nitrogen and oxygen atoms in total. The highest BCUT2D eigenvalue weighted by Crippen LogP contribution is 2.34. The van der Waals surface area contributed by atoms with Crippen LogP contribution < -0.4 is 0 Å². The zero-order chi connectivity index (χ0) is 11.1. The number of amidine groups is 1. The Hall–Kier alpha value is -1.42. The van der Waals surface area contributed by atoms with Crippen LogP contribution in [0.3, 0.4) is 0 Å². The molecular formula is C12H8BrFN2. The Bertz CT molecular complexity index is 546. The van der Waals surface area contributed by atoms with Crippen molar-refractivity contribution in [3.05, 3.63) is 52.4 Å². The molecule has 4 heteroatoms. The highest BCUT2D eigenvalue weighted by Gasteiger charge is 2.20. The van der Waals surface area contributed by atoms with Crippen LogP contribution in [0.15, 0.2) is 46.0 Å². The molecule has 0 N–H and O–H groups in total. The molecule has 2 heterocycles. The number of benzene rings is 1. The maximum atomic E-state index is 13.2. The van der Waals surface area contributed by atoms with Crippen LogP contribution in [-0.2, 0) is 6.54 Å². The molecule has 0 aromatic heterocycles. The summed E-state index contributed by atoms with van der Waals surface area (Å²) in [6.07, 6.45) is 7.77. The standard InChI is InChI=1S/C12H8BrFN2/c13-10-5-8(14)6-11-9(10)7-16-4-2-1-3-12(16)15-11/h1-6H,7H2.